The van der Waals surface area contributed by atoms with Gasteiger partial charge in [0.2, 0.25) is 0 Å². The molecule has 0 aliphatic rings. The average molecular weight is 265 g/mol. The molecule has 2 N–H and O–H groups in total. The lowest BCUT2D eigenvalue weighted by Gasteiger charge is -2.11. The highest BCUT2D eigenvalue weighted by atomic mass is 16.1. The molecule has 2 aromatic carbocycles. The van der Waals surface area contributed by atoms with Gasteiger partial charge in [-0.15, -0.1) is 0 Å². The van der Waals surface area contributed by atoms with E-state index in [9.17, 15) is 4.79 Å². The number of para-hydroxylation sites is 2. The number of nitrogens with zero attached hydrogens (tertiary/aromatic N) is 2. The Bertz CT molecular complexity index is 819. The normalized spacial score (nSPS) is 10.8. The first-order chi connectivity index (χ1) is 9.65. The minimum Gasteiger partial charge on any atom is -0.399 e. The molecule has 20 heavy (non-hydrogen) atoms. The Morgan fingerprint density at radius 1 is 1.10 bits per heavy atom. The predicted molar refractivity (Wildman–Crippen MR) is 80.7 cm³/mol. The molecule has 0 saturated carbocycles. The molecule has 1 aromatic heterocycles. The van der Waals surface area contributed by atoms with Crippen molar-refractivity contribution in [3.05, 3.63) is 70.1 Å². The van der Waals surface area contributed by atoms with Crippen molar-refractivity contribution >= 4 is 16.7 Å². The lowest BCUT2D eigenvalue weighted by Crippen LogP contribution is -2.24. The summed E-state index contributed by atoms with van der Waals surface area (Å²) < 4.78 is 1.75. The smallest absolute Gasteiger partial charge is 0.272 e. The molecule has 100 valence electrons. The standard InChI is InChI=1S/C16H15N3O/c1-11-16(20)19(10-12-6-8-13(17)9-7-12)15-5-3-2-4-14(15)18-11/h2-9H,10,17H2,1H3. The SMILES string of the molecule is Cc1nc2ccccc2n(Cc2ccc(N)cc2)c1=O. The molecule has 0 saturated heterocycles. The molecule has 0 bridgehead atoms. The van der Waals surface area contributed by atoms with Gasteiger partial charge < -0.3 is 10.3 Å². The Balaban J connectivity index is 2.17. The molecule has 0 spiro atoms. The fourth-order valence-corrected chi connectivity index (χ4v) is 2.28. The zero-order valence-electron chi connectivity index (χ0n) is 11.2. The van der Waals surface area contributed by atoms with Gasteiger partial charge in [-0.1, -0.05) is 24.3 Å². The largest absolute Gasteiger partial charge is 0.399 e. The van der Waals surface area contributed by atoms with Crippen LogP contribution in [0.3, 0.4) is 0 Å². The van der Waals surface area contributed by atoms with Crippen molar-refractivity contribution in [3.63, 3.8) is 0 Å². The number of benzene rings is 2. The van der Waals surface area contributed by atoms with Gasteiger partial charge >= 0.3 is 0 Å². The van der Waals surface area contributed by atoms with Crippen LogP contribution in [0.15, 0.2) is 53.3 Å². The highest BCUT2D eigenvalue weighted by Crippen LogP contribution is 2.13. The number of rotatable bonds is 2. The third-order valence-electron chi connectivity index (χ3n) is 3.34. The number of nitrogens with two attached hydrogens (primary N) is 1. The predicted octanol–water partition coefficient (Wildman–Crippen LogP) is 2.34. The fourth-order valence-electron chi connectivity index (χ4n) is 2.28. The molecule has 1 heterocycles. The Kier molecular flexibility index (Phi) is 2.99. The van der Waals surface area contributed by atoms with E-state index < -0.39 is 0 Å². The number of hydrogen-bond acceptors (Lipinski definition) is 3. The van der Waals surface area contributed by atoms with Crippen molar-refractivity contribution in [2.45, 2.75) is 13.5 Å². The topological polar surface area (TPSA) is 60.9 Å². The average Bonchev–Trinajstić information content (AvgIpc) is 2.46. The van der Waals surface area contributed by atoms with Crippen LogP contribution in [-0.2, 0) is 6.54 Å². The number of fused-ring (bicyclic) bond motifs is 1. The molecule has 3 rings (SSSR count). The van der Waals surface area contributed by atoms with Crippen LogP contribution in [0.4, 0.5) is 5.69 Å². The molecule has 0 fully saturated rings. The van der Waals surface area contributed by atoms with Crippen molar-refractivity contribution in [2.24, 2.45) is 0 Å². The molecule has 0 atom stereocenters. The van der Waals surface area contributed by atoms with Crippen molar-refractivity contribution in [2.75, 3.05) is 5.73 Å². The first kappa shape index (κ1) is 12.4. The molecule has 0 unspecified atom stereocenters. The number of aromatic nitrogens is 2. The van der Waals surface area contributed by atoms with E-state index in [4.69, 9.17) is 5.73 Å². The number of anilines is 1. The van der Waals surface area contributed by atoms with Crippen LogP contribution in [-0.4, -0.2) is 9.55 Å². The highest BCUT2D eigenvalue weighted by Gasteiger charge is 2.08. The minimum absolute atomic E-state index is 0.0551. The van der Waals surface area contributed by atoms with Crippen molar-refractivity contribution in [3.8, 4) is 0 Å². The van der Waals surface area contributed by atoms with Gasteiger partial charge in [-0.25, -0.2) is 4.98 Å². The van der Waals surface area contributed by atoms with Gasteiger partial charge in [-0.2, -0.15) is 0 Å². The Morgan fingerprint density at radius 3 is 2.55 bits per heavy atom. The third kappa shape index (κ3) is 2.16. The lowest BCUT2D eigenvalue weighted by atomic mass is 10.2. The summed E-state index contributed by atoms with van der Waals surface area (Å²) in [5, 5.41) is 0. The van der Waals surface area contributed by atoms with Crippen LogP contribution >= 0.6 is 0 Å². The summed E-state index contributed by atoms with van der Waals surface area (Å²) in [4.78, 5) is 16.7. The molecule has 0 aliphatic carbocycles. The van der Waals surface area contributed by atoms with Crippen LogP contribution in [0.25, 0.3) is 11.0 Å². The van der Waals surface area contributed by atoms with Gasteiger partial charge in [-0.05, 0) is 36.8 Å². The van der Waals surface area contributed by atoms with Gasteiger partial charge in [0, 0.05) is 5.69 Å². The van der Waals surface area contributed by atoms with Crippen LogP contribution in [0.5, 0.6) is 0 Å². The van der Waals surface area contributed by atoms with E-state index in [1.54, 1.807) is 11.5 Å². The number of aryl methyl sites for hydroxylation is 1. The van der Waals surface area contributed by atoms with Crippen molar-refractivity contribution < 1.29 is 0 Å². The molecule has 0 amide bonds. The summed E-state index contributed by atoms with van der Waals surface area (Å²) in [5.74, 6) is 0. The van der Waals surface area contributed by atoms with Gasteiger partial charge in [0.05, 0.1) is 17.6 Å². The maximum Gasteiger partial charge on any atom is 0.272 e. The van der Waals surface area contributed by atoms with Gasteiger partial charge in [0.1, 0.15) is 5.69 Å². The first-order valence-electron chi connectivity index (χ1n) is 6.46. The summed E-state index contributed by atoms with van der Waals surface area (Å²) >= 11 is 0. The maximum absolute atomic E-state index is 12.3. The molecule has 4 nitrogen and oxygen atoms in total. The van der Waals surface area contributed by atoms with E-state index >= 15 is 0 Å². The molecule has 3 aromatic rings. The maximum atomic E-state index is 12.3. The van der Waals surface area contributed by atoms with E-state index in [1.807, 2.05) is 48.5 Å². The first-order valence-corrected chi connectivity index (χ1v) is 6.46. The van der Waals surface area contributed by atoms with E-state index in [0.29, 0.717) is 12.2 Å². The summed E-state index contributed by atoms with van der Waals surface area (Å²) in [7, 11) is 0. The minimum atomic E-state index is -0.0551. The number of hydrogen-bond donors (Lipinski definition) is 1. The number of nitrogen functional groups attached to an aromatic ring is 1. The van der Waals surface area contributed by atoms with E-state index in [1.165, 1.54) is 0 Å². The summed E-state index contributed by atoms with van der Waals surface area (Å²) in [6.45, 7) is 2.26. The second-order valence-electron chi connectivity index (χ2n) is 4.82. The van der Waals surface area contributed by atoms with Crippen LogP contribution in [0, 0.1) is 6.92 Å². The lowest BCUT2D eigenvalue weighted by molar-refractivity contribution is 0.776. The van der Waals surface area contributed by atoms with E-state index in [2.05, 4.69) is 4.98 Å². The summed E-state index contributed by atoms with van der Waals surface area (Å²) in [6.07, 6.45) is 0. The monoisotopic (exact) mass is 265 g/mol. The van der Waals surface area contributed by atoms with Gasteiger partial charge in [0.25, 0.3) is 5.56 Å². The Labute approximate surface area is 116 Å². The van der Waals surface area contributed by atoms with Crippen molar-refractivity contribution in [1.82, 2.24) is 9.55 Å². The zero-order chi connectivity index (χ0) is 14.1. The third-order valence-corrected chi connectivity index (χ3v) is 3.34. The van der Waals surface area contributed by atoms with E-state index in [0.717, 1.165) is 22.3 Å². The molecule has 4 heteroatoms. The molecule has 0 radical (unpaired) electrons. The van der Waals surface area contributed by atoms with Gasteiger partial charge in [-0.3, -0.25) is 4.79 Å². The second-order valence-corrected chi connectivity index (χ2v) is 4.82. The molecular formula is C16H15N3O. The van der Waals surface area contributed by atoms with Crippen LogP contribution in [0.2, 0.25) is 0 Å². The van der Waals surface area contributed by atoms with Crippen molar-refractivity contribution in [1.29, 1.82) is 0 Å². The van der Waals surface area contributed by atoms with Gasteiger partial charge in [0.15, 0.2) is 0 Å². The zero-order valence-corrected chi connectivity index (χ0v) is 11.2. The fraction of sp³-hybridized carbons (Fsp3) is 0.125. The highest BCUT2D eigenvalue weighted by molar-refractivity contribution is 5.74. The molecular weight excluding hydrogens is 250 g/mol. The summed E-state index contributed by atoms with van der Waals surface area (Å²) in [5.41, 5.74) is 9.58. The Morgan fingerprint density at radius 2 is 1.80 bits per heavy atom. The van der Waals surface area contributed by atoms with Crippen LogP contribution in [0.1, 0.15) is 11.3 Å². The quantitative estimate of drug-likeness (QED) is 0.723. The summed E-state index contributed by atoms with van der Waals surface area (Å²) in [6, 6.07) is 15.2. The second kappa shape index (κ2) is 4.81. The molecule has 0 aliphatic heterocycles. The van der Waals surface area contributed by atoms with E-state index in [-0.39, 0.29) is 5.56 Å². The Hall–Kier alpha value is -2.62. The van der Waals surface area contributed by atoms with Crippen LogP contribution < -0.4 is 11.3 Å².